The second kappa shape index (κ2) is 4.27. The maximum Gasteiger partial charge on any atom is 0.262 e. The predicted molar refractivity (Wildman–Crippen MR) is 67.0 cm³/mol. The van der Waals surface area contributed by atoms with Crippen molar-refractivity contribution < 1.29 is 4.52 Å². The van der Waals surface area contributed by atoms with Crippen molar-refractivity contribution in [2.24, 2.45) is 7.05 Å². The van der Waals surface area contributed by atoms with Crippen LogP contribution in [0.3, 0.4) is 0 Å². The van der Waals surface area contributed by atoms with Crippen LogP contribution in [0, 0.1) is 13.8 Å². The number of hydrogen-bond donors (Lipinski definition) is 0. The zero-order valence-electron chi connectivity index (χ0n) is 10.8. The summed E-state index contributed by atoms with van der Waals surface area (Å²) in [6.45, 7) is 3.87. The summed E-state index contributed by atoms with van der Waals surface area (Å²) in [5.41, 5.74) is 3.28. The lowest BCUT2D eigenvalue weighted by Gasteiger charge is -1.94. The first-order chi connectivity index (χ1) is 9.16. The molecule has 0 saturated carbocycles. The highest BCUT2D eigenvalue weighted by molar-refractivity contribution is 5.61. The molecule has 0 unspecified atom stereocenters. The Morgan fingerprint density at radius 2 is 2.05 bits per heavy atom. The molecular weight excluding hydrogens is 244 g/mol. The Balaban J connectivity index is 2.07. The van der Waals surface area contributed by atoms with E-state index in [2.05, 4.69) is 25.2 Å². The van der Waals surface area contributed by atoms with Gasteiger partial charge in [-0.15, -0.1) is 0 Å². The van der Waals surface area contributed by atoms with Crippen molar-refractivity contribution in [2.75, 3.05) is 0 Å². The summed E-state index contributed by atoms with van der Waals surface area (Å²) in [5.74, 6) is 0.870. The number of aryl methyl sites for hydroxylation is 2. The molecule has 3 aromatic rings. The highest BCUT2D eigenvalue weighted by Crippen LogP contribution is 2.26. The molecule has 0 amide bonds. The van der Waals surface area contributed by atoms with E-state index in [1.165, 1.54) is 0 Å². The standard InChI is InChI=1S/C12H12N6O/c1-7-10(8(2)18(3)16-7)12-15-11(17-19-12)9-6-13-4-5-14-9/h4-6H,1-3H3. The van der Waals surface area contributed by atoms with Gasteiger partial charge in [0.1, 0.15) is 5.69 Å². The van der Waals surface area contributed by atoms with Crippen LogP contribution in [0.25, 0.3) is 23.0 Å². The number of hydrogen-bond acceptors (Lipinski definition) is 6. The second-order valence-electron chi connectivity index (χ2n) is 4.18. The zero-order valence-corrected chi connectivity index (χ0v) is 10.8. The summed E-state index contributed by atoms with van der Waals surface area (Å²) in [4.78, 5) is 12.5. The summed E-state index contributed by atoms with van der Waals surface area (Å²) in [6.07, 6.45) is 4.78. The maximum atomic E-state index is 5.30. The molecule has 3 rings (SSSR count). The van der Waals surface area contributed by atoms with Gasteiger partial charge in [-0.1, -0.05) is 5.16 Å². The van der Waals surface area contributed by atoms with Gasteiger partial charge in [0.25, 0.3) is 5.89 Å². The highest BCUT2D eigenvalue weighted by Gasteiger charge is 2.19. The van der Waals surface area contributed by atoms with E-state index in [0.717, 1.165) is 17.0 Å². The van der Waals surface area contributed by atoms with Crippen molar-refractivity contribution >= 4 is 0 Å². The van der Waals surface area contributed by atoms with Gasteiger partial charge < -0.3 is 4.52 Å². The first-order valence-corrected chi connectivity index (χ1v) is 5.77. The van der Waals surface area contributed by atoms with Crippen molar-refractivity contribution in [3.8, 4) is 23.0 Å². The van der Waals surface area contributed by atoms with E-state index in [4.69, 9.17) is 4.52 Å². The number of aromatic nitrogens is 6. The molecule has 7 heteroatoms. The molecule has 0 aliphatic carbocycles. The minimum absolute atomic E-state index is 0.422. The fourth-order valence-electron chi connectivity index (χ4n) is 1.93. The van der Waals surface area contributed by atoms with Gasteiger partial charge in [-0.25, -0.2) is 4.98 Å². The van der Waals surface area contributed by atoms with Gasteiger partial charge in [-0.05, 0) is 13.8 Å². The zero-order chi connectivity index (χ0) is 13.4. The molecule has 0 aliphatic heterocycles. The summed E-state index contributed by atoms with van der Waals surface area (Å²) < 4.78 is 7.09. The lowest BCUT2D eigenvalue weighted by molar-refractivity contribution is 0.431. The third-order valence-corrected chi connectivity index (χ3v) is 2.94. The first-order valence-electron chi connectivity index (χ1n) is 5.77. The Labute approximate surface area is 109 Å². The summed E-state index contributed by atoms with van der Waals surface area (Å²) in [7, 11) is 1.88. The maximum absolute atomic E-state index is 5.30. The Hall–Kier alpha value is -2.57. The van der Waals surface area contributed by atoms with Gasteiger partial charge in [-0.2, -0.15) is 10.1 Å². The van der Waals surface area contributed by atoms with Crippen LogP contribution in [0.2, 0.25) is 0 Å². The van der Waals surface area contributed by atoms with Crippen LogP contribution in [-0.4, -0.2) is 29.9 Å². The Morgan fingerprint density at radius 3 is 2.68 bits per heavy atom. The van der Waals surface area contributed by atoms with E-state index in [-0.39, 0.29) is 0 Å². The van der Waals surface area contributed by atoms with Crippen molar-refractivity contribution in [2.45, 2.75) is 13.8 Å². The van der Waals surface area contributed by atoms with Gasteiger partial charge in [0.15, 0.2) is 0 Å². The normalized spacial score (nSPS) is 10.9. The molecule has 19 heavy (non-hydrogen) atoms. The molecule has 0 aliphatic rings. The van der Waals surface area contributed by atoms with Crippen molar-refractivity contribution in [1.29, 1.82) is 0 Å². The summed E-state index contributed by atoms with van der Waals surface area (Å²) in [6, 6.07) is 0. The molecule has 3 aromatic heterocycles. The molecule has 0 spiro atoms. The van der Waals surface area contributed by atoms with Crippen LogP contribution in [0.1, 0.15) is 11.4 Å². The fraction of sp³-hybridized carbons (Fsp3) is 0.250. The smallest absolute Gasteiger partial charge is 0.262 e. The van der Waals surface area contributed by atoms with Gasteiger partial charge in [0.2, 0.25) is 5.82 Å². The average molecular weight is 256 g/mol. The largest absolute Gasteiger partial charge is 0.333 e. The van der Waals surface area contributed by atoms with E-state index in [1.807, 2.05) is 20.9 Å². The first kappa shape index (κ1) is 11.5. The molecule has 7 nitrogen and oxygen atoms in total. The highest BCUT2D eigenvalue weighted by atomic mass is 16.5. The van der Waals surface area contributed by atoms with Crippen molar-refractivity contribution in [3.05, 3.63) is 30.0 Å². The SMILES string of the molecule is Cc1nn(C)c(C)c1-c1nc(-c2cnccn2)no1. The third kappa shape index (κ3) is 1.88. The van der Waals surface area contributed by atoms with Crippen LogP contribution < -0.4 is 0 Å². The number of nitrogens with zero attached hydrogens (tertiary/aromatic N) is 6. The fourth-order valence-corrected chi connectivity index (χ4v) is 1.93. The molecule has 0 N–H and O–H groups in total. The van der Waals surface area contributed by atoms with E-state index >= 15 is 0 Å². The monoisotopic (exact) mass is 256 g/mol. The Kier molecular flexibility index (Phi) is 2.59. The van der Waals surface area contributed by atoms with Gasteiger partial charge >= 0.3 is 0 Å². The lowest BCUT2D eigenvalue weighted by Crippen LogP contribution is -1.92. The molecule has 96 valence electrons. The van der Waals surface area contributed by atoms with E-state index in [9.17, 15) is 0 Å². The minimum atomic E-state index is 0.422. The van der Waals surface area contributed by atoms with E-state index in [1.54, 1.807) is 23.3 Å². The van der Waals surface area contributed by atoms with Crippen LogP contribution in [0.4, 0.5) is 0 Å². The molecule has 0 bridgehead atoms. The molecular formula is C12H12N6O. The Bertz CT molecular complexity index is 715. The summed E-state index contributed by atoms with van der Waals surface area (Å²) in [5, 5.41) is 8.26. The molecule has 0 saturated heterocycles. The summed E-state index contributed by atoms with van der Waals surface area (Å²) >= 11 is 0. The topological polar surface area (TPSA) is 82.5 Å². The quantitative estimate of drug-likeness (QED) is 0.691. The molecule has 0 fully saturated rings. The van der Waals surface area contributed by atoms with E-state index in [0.29, 0.717) is 17.4 Å². The average Bonchev–Trinajstić information content (AvgIpc) is 2.97. The minimum Gasteiger partial charge on any atom is -0.333 e. The molecule has 3 heterocycles. The van der Waals surface area contributed by atoms with Crippen LogP contribution >= 0.6 is 0 Å². The Morgan fingerprint density at radius 1 is 1.21 bits per heavy atom. The van der Waals surface area contributed by atoms with Gasteiger partial charge in [0, 0.05) is 25.1 Å². The van der Waals surface area contributed by atoms with Crippen LogP contribution in [0.15, 0.2) is 23.1 Å². The van der Waals surface area contributed by atoms with E-state index < -0.39 is 0 Å². The third-order valence-electron chi connectivity index (χ3n) is 2.94. The van der Waals surface area contributed by atoms with Crippen molar-refractivity contribution in [1.82, 2.24) is 29.9 Å². The molecule has 0 atom stereocenters. The predicted octanol–water partition coefficient (Wildman–Crippen LogP) is 1.54. The number of rotatable bonds is 2. The second-order valence-corrected chi connectivity index (χ2v) is 4.18. The van der Waals surface area contributed by atoms with Crippen LogP contribution in [0.5, 0.6) is 0 Å². The van der Waals surface area contributed by atoms with Gasteiger partial charge in [0.05, 0.1) is 17.5 Å². The van der Waals surface area contributed by atoms with Crippen molar-refractivity contribution in [3.63, 3.8) is 0 Å². The lowest BCUT2D eigenvalue weighted by atomic mass is 10.2. The molecule has 0 radical (unpaired) electrons. The van der Waals surface area contributed by atoms with Crippen LogP contribution in [-0.2, 0) is 7.05 Å². The van der Waals surface area contributed by atoms with Gasteiger partial charge in [-0.3, -0.25) is 9.67 Å². The molecule has 0 aromatic carbocycles.